The van der Waals surface area contributed by atoms with Crippen molar-refractivity contribution in [2.45, 2.75) is 6.10 Å². The summed E-state index contributed by atoms with van der Waals surface area (Å²) in [5.41, 5.74) is 2.25. The number of hydrogen-bond donors (Lipinski definition) is 0. The minimum absolute atomic E-state index is 0.0172. The van der Waals surface area contributed by atoms with Crippen molar-refractivity contribution in [1.29, 1.82) is 0 Å². The van der Waals surface area contributed by atoms with Gasteiger partial charge in [0.05, 0.1) is 50.4 Å². The Kier molecular flexibility index (Phi) is 8.70. The molecule has 36 heavy (non-hydrogen) atoms. The average molecular weight is 497 g/mol. The summed E-state index contributed by atoms with van der Waals surface area (Å²) in [4.78, 5) is 14.6. The molecule has 0 spiro atoms. The fraction of sp³-hybridized carbons (Fsp3) is 0.370. The quantitative estimate of drug-likeness (QED) is 0.262. The molecule has 0 N–H and O–H groups in total. The first-order valence-electron chi connectivity index (χ1n) is 11.8. The van der Waals surface area contributed by atoms with Crippen molar-refractivity contribution in [1.82, 2.24) is 4.57 Å². The van der Waals surface area contributed by atoms with Crippen molar-refractivity contribution in [3.05, 3.63) is 66.5 Å². The third-order valence-corrected chi connectivity index (χ3v) is 5.78. The maximum Gasteiger partial charge on any atom is 0.340 e. The Labute approximate surface area is 211 Å². The van der Waals surface area contributed by atoms with Gasteiger partial charge in [-0.05, 0) is 36.4 Å². The molecule has 1 fully saturated rings. The fourth-order valence-corrected chi connectivity index (χ4v) is 3.98. The molecule has 2 heterocycles. The molecule has 2 aromatic carbocycles. The van der Waals surface area contributed by atoms with Gasteiger partial charge in [-0.1, -0.05) is 6.07 Å². The molecule has 1 saturated heterocycles. The lowest BCUT2D eigenvalue weighted by molar-refractivity contribution is 0.0600. The van der Waals surface area contributed by atoms with E-state index in [1.165, 1.54) is 7.11 Å². The first-order chi connectivity index (χ1) is 17.6. The molecule has 0 aliphatic carbocycles. The number of para-hydroxylation sites is 1. The van der Waals surface area contributed by atoms with Crippen LogP contribution in [0.5, 0.6) is 17.2 Å². The maximum atomic E-state index is 12.4. The summed E-state index contributed by atoms with van der Waals surface area (Å²) >= 11 is 0. The number of methoxy groups -OCH3 is 3. The molecule has 9 nitrogen and oxygen atoms in total. The van der Waals surface area contributed by atoms with Crippen molar-refractivity contribution >= 4 is 11.7 Å². The summed E-state index contributed by atoms with van der Waals surface area (Å²) in [7, 11) is 4.65. The number of nitrogens with zero attached hydrogens (tertiary/aromatic N) is 2. The monoisotopic (exact) mass is 496 g/mol. The molecule has 1 aromatic heterocycles. The number of rotatable bonds is 13. The van der Waals surface area contributed by atoms with Gasteiger partial charge in [0, 0.05) is 32.7 Å². The van der Waals surface area contributed by atoms with Gasteiger partial charge in [0.15, 0.2) is 11.5 Å². The number of carbonyl (C=O) groups excluding carboxylic acids is 1. The molecule has 0 atom stereocenters. The highest BCUT2D eigenvalue weighted by Gasteiger charge is 2.32. The normalized spacial score (nSPS) is 13.2. The zero-order valence-corrected chi connectivity index (χ0v) is 20.8. The van der Waals surface area contributed by atoms with Crippen molar-refractivity contribution in [3.8, 4) is 22.9 Å². The zero-order valence-electron chi connectivity index (χ0n) is 20.8. The lowest BCUT2D eigenvalue weighted by Crippen LogP contribution is -2.54. The van der Waals surface area contributed by atoms with Crippen molar-refractivity contribution in [3.63, 3.8) is 0 Å². The largest absolute Gasteiger partial charge is 0.487 e. The summed E-state index contributed by atoms with van der Waals surface area (Å²) < 4.78 is 35.0. The Morgan fingerprint density at radius 3 is 2.22 bits per heavy atom. The van der Waals surface area contributed by atoms with Crippen LogP contribution in [-0.2, 0) is 14.2 Å². The van der Waals surface area contributed by atoms with Crippen LogP contribution in [0.1, 0.15) is 10.4 Å². The first-order valence-corrected chi connectivity index (χ1v) is 11.8. The SMILES string of the molecule is COCCOc1ccc(OC2CN(c3cccc(C(=O)OC)c3-n3cccc3)C2)cc1OCCOC. The van der Waals surface area contributed by atoms with Crippen LogP contribution in [0.4, 0.5) is 5.69 Å². The molecule has 1 aliphatic rings. The molecule has 1 aliphatic heterocycles. The Balaban J connectivity index is 1.46. The number of hydrogen-bond acceptors (Lipinski definition) is 8. The molecular weight excluding hydrogens is 464 g/mol. The lowest BCUT2D eigenvalue weighted by Gasteiger charge is -2.41. The van der Waals surface area contributed by atoms with Gasteiger partial charge in [-0.15, -0.1) is 0 Å². The van der Waals surface area contributed by atoms with Crippen LogP contribution in [0.25, 0.3) is 5.69 Å². The molecule has 0 amide bonds. The predicted molar refractivity (Wildman–Crippen MR) is 135 cm³/mol. The van der Waals surface area contributed by atoms with Gasteiger partial charge in [0.25, 0.3) is 0 Å². The Morgan fingerprint density at radius 2 is 1.56 bits per heavy atom. The van der Waals surface area contributed by atoms with E-state index >= 15 is 0 Å². The summed E-state index contributed by atoms with van der Waals surface area (Å²) in [6, 6.07) is 15.1. The minimum Gasteiger partial charge on any atom is -0.487 e. The van der Waals surface area contributed by atoms with Gasteiger partial charge < -0.3 is 37.9 Å². The number of anilines is 1. The molecule has 9 heteroatoms. The third kappa shape index (κ3) is 5.92. The highest BCUT2D eigenvalue weighted by atomic mass is 16.6. The van der Waals surface area contributed by atoms with E-state index in [-0.39, 0.29) is 12.1 Å². The Morgan fingerprint density at radius 1 is 0.861 bits per heavy atom. The Hall–Kier alpha value is -3.69. The molecular formula is C27H32N2O7. The van der Waals surface area contributed by atoms with Crippen LogP contribution in [0.3, 0.4) is 0 Å². The molecule has 3 aromatic rings. The maximum absolute atomic E-state index is 12.4. The second-order valence-corrected chi connectivity index (χ2v) is 8.19. The number of esters is 1. The smallest absolute Gasteiger partial charge is 0.340 e. The highest BCUT2D eigenvalue weighted by molar-refractivity contribution is 5.96. The van der Waals surface area contributed by atoms with Crippen LogP contribution in [0, 0.1) is 0 Å². The summed E-state index contributed by atoms with van der Waals surface area (Å²) in [6.07, 6.45) is 3.82. The van der Waals surface area contributed by atoms with Crippen molar-refractivity contribution in [2.75, 3.05) is 65.7 Å². The van der Waals surface area contributed by atoms with E-state index in [9.17, 15) is 4.79 Å². The summed E-state index contributed by atoms with van der Waals surface area (Å²) in [5, 5.41) is 0. The van der Waals surface area contributed by atoms with E-state index in [1.807, 2.05) is 59.4 Å². The number of benzene rings is 2. The van der Waals surface area contributed by atoms with Gasteiger partial charge in [0.1, 0.15) is 25.1 Å². The molecule has 0 radical (unpaired) electrons. The van der Waals surface area contributed by atoms with E-state index < -0.39 is 0 Å². The van der Waals surface area contributed by atoms with Gasteiger partial charge >= 0.3 is 5.97 Å². The third-order valence-electron chi connectivity index (χ3n) is 5.78. The standard InChI is InChI=1S/C27H32N2O7/c1-31-13-15-34-24-10-9-20(17-25(24)35-16-14-32-2)36-21-18-29(19-21)23-8-6-7-22(27(30)33-3)26(23)28-11-4-5-12-28/h4-12,17,21H,13-16,18-19H2,1-3H3. The molecule has 0 saturated carbocycles. The van der Waals surface area contributed by atoms with E-state index in [0.29, 0.717) is 62.3 Å². The van der Waals surface area contributed by atoms with Gasteiger partial charge in [-0.2, -0.15) is 0 Å². The van der Waals surface area contributed by atoms with Gasteiger partial charge in [-0.25, -0.2) is 4.79 Å². The van der Waals surface area contributed by atoms with Crippen LogP contribution >= 0.6 is 0 Å². The number of aromatic nitrogens is 1. The molecule has 0 bridgehead atoms. The summed E-state index contributed by atoms with van der Waals surface area (Å²) in [5.74, 6) is 1.54. The van der Waals surface area contributed by atoms with Gasteiger partial charge in [0.2, 0.25) is 0 Å². The Bertz CT molecular complexity index is 1130. The highest BCUT2D eigenvalue weighted by Crippen LogP contribution is 2.35. The van der Waals surface area contributed by atoms with Gasteiger partial charge in [-0.3, -0.25) is 0 Å². The fourth-order valence-electron chi connectivity index (χ4n) is 3.98. The molecule has 4 rings (SSSR count). The van der Waals surface area contributed by atoms with E-state index in [0.717, 1.165) is 11.4 Å². The van der Waals surface area contributed by atoms with E-state index in [1.54, 1.807) is 20.3 Å². The topological polar surface area (TPSA) is 80.6 Å². The van der Waals surface area contributed by atoms with Crippen LogP contribution in [-0.4, -0.2) is 77.5 Å². The zero-order chi connectivity index (χ0) is 25.3. The van der Waals surface area contributed by atoms with Crippen molar-refractivity contribution in [2.24, 2.45) is 0 Å². The van der Waals surface area contributed by atoms with Crippen LogP contribution in [0.2, 0.25) is 0 Å². The minimum atomic E-state index is -0.373. The predicted octanol–water partition coefficient (Wildman–Crippen LogP) is 3.58. The second-order valence-electron chi connectivity index (χ2n) is 8.19. The summed E-state index contributed by atoms with van der Waals surface area (Å²) in [6.45, 7) is 3.11. The van der Waals surface area contributed by atoms with Crippen LogP contribution < -0.4 is 19.1 Å². The first kappa shape index (κ1) is 25.4. The number of ether oxygens (including phenoxy) is 6. The van der Waals surface area contributed by atoms with E-state index in [2.05, 4.69) is 4.90 Å². The molecule has 0 unspecified atom stereocenters. The number of carbonyl (C=O) groups is 1. The lowest BCUT2D eigenvalue weighted by atomic mass is 10.1. The second kappa shape index (κ2) is 12.3. The molecule has 192 valence electrons. The van der Waals surface area contributed by atoms with E-state index in [4.69, 9.17) is 28.4 Å². The van der Waals surface area contributed by atoms with Crippen LogP contribution in [0.15, 0.2) is 60.9 Å². The average Bonchev–Trinajstić information content (AvgIpc) is 3.41. The van der Waals surface area contributed by atoms with Crippen molar-refractivity contribution < 1.29 is 33.2 Å².